The molecule has 3 aromatic heterocycles. The van der Waals surface area contributed by atoms with Crippen LogP contribution < -0.4 is 15.8 Å². The molecular weight excluding hydrogens is 470 g/mol. The van der Waals surface area contributed by atoms with E-state index in [0.29, 0.717) is 30.1 Å². The second kappa shape index (κ2) is 9.59. The number of fused-ring (bicyclic) bond motifs is 1. The molecule has 0 radical (unpaired) electrons. The summed E-state index contributed by atoms with van der Waals surface area (Å²) in [4.78, 5) is 48.1. The highest BCUT2D eigenvalue weighted by Crippen LogP contribution is 2.27. The number of carbonyl (C=O) groups is 2. The summed E-state index contributed by atoms with van der Waals surface area (Å²) in [6.07, 6.45) is 4.31. The minimum atomic E-state index is -1.19. The van der Waals surface area contributed by atoms with E-state index in [9.17, 15) is 19.5 Å². The average Bonchev–Trinajstić information content (AvgIpc) is 3.27. The number of nitrogens with zero attached hydrogens (tertiary/aromatic N) is 4. The standard InChI is InChI=1S/C24H27N5O5S/c1-24(2,3)17-13-35-23(25-17)27-21(33)14-8-10-29-18(11-14)26-20(28-9-4-5-15(30)12-28)16(22(29)34)6-7-19(31)32/h6-8,10-11,13,15,30H,4-5,9,12H2,1-3H3,(H,31,32)(H,25,27,33)/t15-/m1/s1. The number of thiazole rings is 1. The van der Waals surface area contributed by atoms with E-state index in [-0.39, 0.29) is 34.9 Å². The lowest BCUT2D eigenvalue weighted by atomic mass is 9.93. The number of anilines is 2. The van der Waals surface area contributed by atoms with E-state index in [2.05, 4.69) is 15.3 Å². The zero-order valence-electron chi connectivity index (χ0n) is 19.7. The van der Waals surface area contributed by atoms with Gasteiger partial charge in [0.1, 0.15) is 11.5 Å². The SMILES string of the molecule is CC(C)(C)c1csc(NC(=O)c2ccn3c(=O)c(C=CC(=O)O)c(N4CCC[C@@H](O)C4)nc3c2)n1. The summed E-state index contributed by atoms with van der Waals surface area (Å²) in [5.41, 5.74) is 0.902. The van der Waals surface area contributed by atoms with Gasteiger partial charge in [0.2, 0.25) is 0 Å². The number of nitrogens with one attached hydrogen (secondary N) is 1. The Bertz CT molecular complexity index is 1370. The lowest BCUT2D eigenvalue weighted by Crippen LogP contribution is -2.40. The van der Waals surface area contributed by atoms with E-state index < -0.39 is 17.6 Å². The summed E-state index contributed by atoms with van der Waals surface area (Å²) in [6.45, 7) is 6.96. The Kier molecular flexibility index (Phi) is 6.73. The van der Waals surface area contributed by atoms with Crippen LogP contribution in [0.15, 0.2) is 34.6 Å². The highest BCUT2D eigenvalue weighted by atomic mass is 32.1. The number of amides is 1. The zero-order valence-corrected chi connectivity index (χ0v) is 20.5. The van der Waals surface area contributed by atoms with Crippen LogP contribution in [-0.2, 0) is 10.2 Å². The monoisotopic (exact) mass is 497 g/mol. The highest BCUT2D eigenvalue weighted by molar-refractivity contribution is 7.14. The first-order valence-corrected chi connectivity index (χ1v) is 12.1. The molecular formula is C24H27N5O5S. The van der Waals surface area contributed by atoms with Gasteiger partial charge in [-0.3, -0.25) is 19.3 Å². The van der Waals surface area contributed by atoms with Crippen molar-refractivity contribution in [1.29, 1.82) is 0 Å². The van der Waals surface area contributed by atoms with Crippen LogP contribution in [0.4, 0.5) is 10.9 Å². The third-order valence-electron chi connectivity index (χ3n) is 5.69. The molecule has 4 heterocycles. The summed E-state index contributed by atoms with van der Waals surface area (Å²) >= 11 is 1.34. The molecule has 3 aromatic rings. The van der Waals surface area contributed by atoms with Gasteiger partial charge in [-0.2, -0.15) is 0 Å². The minimum Gasteiger partial charge on any atom is -0.478 e. The summed E-state index contributed by atoms with van der Waals surface area (Å²) < 4.78 is 1.27. The molecule has 0 unspecified atom stereocenters. The third kappa shape index (κ3) is 5.41. The molecule has 1 amide bonds. The Morgan fingerprint density at radius 3 is 2.71 bits per heavy atom. The summed E-state index contributed by atoms with van der Waals surface area (Å²) in [6, 6.07) is 3.00. The number of rotatable bonds is 5. The number of pyridine rings is 1. The quantitative estimate of drug-likeness (QED) is 0.458. The van der Waals surface area contributed by atoms with Crippen LogP contribution in [0.1, 0.15) is 55.2 Å². The molecule has 35 heavy (non-hydrogen) atoms. The van der Waals surface area contributed by atoms with E-state index in [0.717, 1.165) is 11.8 Å². The van der Waals surface area contributed by atoms with Crippen LogP contribution in [-0.4, -0.2) is 55.7 Å². The van der Waals surface area contributed by atoms with E-state index in [4.69, 9.17) is 5.11 Å². The molecule has 0 saturated carbocycles. The number of carboxylic acid groups (broad SMARTS) is 1. The van der Waals surface area contributed by atoms with Crippen molar-refractivity contribution in [1.82, 2.24) is 14.4 Å². The lowest BCUT2D eigenvalue weighted by Gasteiger charge is -2.32. The van der Waals surface area contributed by atoms with Crippen molar-refractivity contribution < 1.29 is 19.8 Å². The van der Waals surface area contributed by atoms with Crippen molar-refractivity contribution in [2.24, 2.45) is 0 Å². The fraction of sp³-hybridized carbons (Fsp3) is 0.375. The first-order valence-electron chi connectivity index (χ1n) is 11.2. The number of carboxylic acids is 1. The average molecular weight is 498 g/mol. The Morgan fingerprint density at radius 1 is 1.29 bits per heavy atom. The van der Waals surface area contributed by atoms with Crippen LogP contribution in [0, 0.1) is 0 Å². The Hall–Kier alpha value is -3.57. The van der Waals surface area contributed by atoms with E-state index in [1.807, 2.05) is 26.2 Å². The van der Waals surface area contributed by atoms with Crippen molar-refractivity contribution in [2.75, 3.05) is 23.3 Å². The topological polar surface area (TPSA) is 137 Å². The number of hydrogen-bond donors (Lipinski definition) is 3. The van der Waals surface area contributed by atoms with Crippen LogP contribution in [0.5, 0.6) is 0 Å². The molecule has 1 aliphatic heterocycles. The number of hydrogen-bond acceptors (Lipinski definition) is 8. The molecule has 10 nitrogen and oxygen atoms in total. The van der Waals surface area contributed by atoms with E-state index in [1.165, 1.54) is 40.1 Å². The molecule has 3 N–H and O–H groups in total. The Balaban J connectivity index is 1.72. The minimum absolute atomic E-state index is 0.105. The molecule has 11 heteroatoms. The smallest absolute Gasteiger partial charge is 0.328 e. The zero-order chi connectivity index (χ0) is 25.3. The third-order valence-corrected chi connectivity index (χ3v) is 6.45. The molecule has 1 atom stereocenters. The predicted molar refractivity (Wildman–Crippen MR) is 134 cm³/mol. The van der Waals surface area contributed by atoms with Gasteiger partial charge in [-0.15, -0.1) is 11.3 Å². The molecule has 1 saturated heterocycles. The van der Waals surface area contributed by atoms with Crippen LogP contribution >= 0.6 is 11.3 Å². The van der Waals surface area contributed by atoms with E-state index >= 15 is 0 Å². The van der Waals surface area contributed by atoms with Gasteiger partial charge in [-0.25, -0.2) is 14.8 Å². The van der Waals surface area contributed by atoms with Crippen molar-refractivity contribution in [3.8, 4) is 0 Å². The van der Waals surface area contributed by atoms with Gasteiger partial charge in [-0.1, -0.05) is 20.8 Å². The Labute approximate surface area is 205 Å². The fourth-order valence-electron chi connectivity index (χ4n) is 3.81. The summed E-state index contributed by atoms with van der Waals surface area (Å²) in [5, 5.41) is 24.4. The van der Waals surface area contributed by atoms with Crippen molar-refractivity contribution >= 4 is 45.9 Å². The number of aliphatic hydroxyl groups excluding tert-OH is 1. The molecule has 0 spiro atoms. The van der Waals surface area contributed by atoms with Gasteiger partial charge in [-0.05, 0) is 31.1 Å². The normalized spacial score (nSPS) is 16.7. The van der Waals surface area contributed by atoms with Crippen LogP contribution in [0.25, 0.3) is 11.7 Å². The van der Waals surface area contributed by atoms with Gasteiger partial charge in [0.25, 0.3) is 11.5 Å². The summed E-state index contributed by atoms with van der Waals surface area (Å²) in [5.74, 6) is -1.30. The second-order valence-electron chi connectivity index (χ2n) is 9.45. The van der Waals surface area contributed by atoms with Crippen LogP contribution in [0.3, 0.4) is 0 Å². The number of piperidine rings is 1. The Morgan fingerprint density at radius 2 is 2.06 bits per heavy atom. The molecule has 0 aromatic carbocycles. The molecule has 184 valence electrons. The maximum absolute atomic E-state index is 13.2. The second-order valence-corrected chi connectivity index (χ2v) is 10.3. The van der Waals surface area contributed by atoms with Crippen LogP contribution in [0.2, 0.25) is 0 Å². The first-order chi connectivity index (χ1) is 16.5. The summed E-state index contributed by atoms with van der Waals surface area (Å²) in [7, 11) is 0. The van der Waals surface area contributed by atoms with Crippen molar-refractivity contribution in [3.05, 3.63) is 57.0 Å². The highest BCUT2D eigenvalue weighted by Gasteiger charge is 2.24. The van der Waals surface area contributed by atoms with Gasteiger partial charge >= 0.3 is 5.97 Å². The van der Waals surface area contributed by atoms with Gasteiger partial charge in [0, 0.05) is 41.7 Å². The molecule has 1 aliphatic rings. The van der Waals surface area contributed by atoms with Crippen molar-refractivity contribution in [2.45, 2.75) is 45.1 Å². The number of aliphatic carboxylic acids is 1. The lowest BCUT2D eigenvalue weighted by molar-refractivity contribution is -0.131. The maximum atomic E-state index is 13.2. The van der Waals surface area contributed by atoms with E-state index in [1.54, 1.807) is 4.90 Å². The molecule has 1 fully saturated rings. The predicted octanol–water partition coefficient (Wildman–Crippen LogP) is 2.76. The molecule has 0 aliphatic carbocycles. The fourth-order valence-corrected chi connectivity index (χ4v) is 4.75. The molecule has 4 rings (SSSR count). The maximum Gasteiger partial charge on any atom is 0.328 e. The molecule has 0 bridgehead atoms. The van der Waals surface area contributed by atoms with Gasteiger partial charge in [0.05, 0.1) is 17.4 Å². The number of aromatic nitrogens is 3. The first kappa shape index (κ1) is 24.6. The largest absolute Gasteiger partial charge is 0.478 e. The number of carbonyl (C=O) groups excluding carboxylic acids is 1. The number of β-amino-alcohol motifs (C(OH)–C–C–N with tert-alkyl or cyclic N) is 1. The number of aliphatic hydroxyl groups is 1. The van der Waals surface area contributed by atoms with Gasteiger partial charge < -0.3 is 15.1 Å². The van der Waals surface area contributed by atoms with Gasteiger partial charge in [0.15, 0.2) is 5.13 Å². The van der Waals surface area contributed by atoms with Crippen molar-refractivity contribution in [3.63, 3.8) is 0 Å².